The predicted molar refractivity (Wildman–Crippen MR) is 79.7 cm³/mol. The molecular formula is C16H15F3N2O. The zero-order valence-corrected chi connectivity index (χ0v) is 11.7. The number of nitrogens with one attached hydrogen (secondary N) is 1. The van der Waals surface area contributed by atoms with Crippen LogP contribution in [0.1, 0.15) is 5.56 Å². The number of anilines is 1. The first kappa shape index (κ1) is 15.9. The highest BCUT2D eigenvalue weighted by molar-refractivity contribution is 5.88. The smallest absolute Gasteiger partial charge is 0.422 e. The molecule has 0 radical (unpaired) electrons. The van der Waals surface area contributed by atoms with Gasteiger partial charge in [0.15, 0.2) is 6.61 Å². The average molecular weight is 308 g/mol. The van der Waals surface area contributed by atoms with Crippen LogP contribution >= 0.6 is 0 Å². The summed E-state index contributed by atoms with van der Waals surface area (Å²) in [5, 5.41) is 2.75. The largest absolute Gasteiger partial charge is 0.455 e. The number of hydrogen-bond acceptors (Lipinski definition) is 2. The fourth-order valence-corrected chi connectivity index (χ4v) is 1.66. The van der Waals surface area contributed by atoms with Gasteiger partial charge in [-0.05, 0) is 17.7 Å². The molecule has 0 fully saturated rings. The van der Waals surface area contributed by atoms with Crippen molar-refractivity contribution in [2.75, 3.05) is 11.9 Å². The molecule has 0 unspecified atom stereocenters. The Morgan fingerprint density at radius 2 is 1.55 bits per heavy atom. The van der Waals surface area contributed by atoms with Gasteiger partial charge in [-0.25, -0.2) is 4.99 Å². The second kappa shape index (κ2) is 7.49. The number of amidine groups is 1. The number of hydrogen-bond donors (Lipinski definition) is 1. The van der Waals surface area contributed by atoms with E-state index in [0.717, 1.165) is 5.56 Å². The summed E-state index contributed by atoms with van der Waals surface area (Å²) in [6.07, 6.45) is -4.41. The molecule has 0 aliphatic heterocycles. The van der Waals surface area contributed by atoms with E-state index >= 15 is 0 Å². The molecule has 0 amide bonds. The number of benzene rings is 2. The third-order valence-electron chi connectivity index (χ3n) is 2.65. The number of ether oxygens (including phenoxy) is 1. The van der Waals surface area contributed by atoms with Crippen molar-refractivity contribution in [3.63, 3.8) is 0 Å². The quantitative estimate of drug-likeness (QED) is 0.677. The van der Waals surface area contributed by atoms with Gasteiger partial charge in [0.25, 0.3) is 6.02 Å². The predicted octanol–water partition coefficient (Wildman–Crippen LogP) is 4.23. The maximum absolute atomic E-state index is 12.3. The van der Waals surface area contributed by atoms with Gasteiger partial charge in [-0.1, -0.05) is 48.5 Å². The van der Waals surface area contributed by atoms with Crippen LogP contribution in [0.25, 0.3) is 0 Å². The number of halogens is 3. The number of para-hydroxylation sites is 1. The van der Waals surface area contributed by atoms with Crippen LogP contribution in [0.4, 0.5) is 18.9 Å². The molecule has 116 valence electrons. The van der Waals surface area contributed by atoms with Crippen LogP contribution in [-0.2, 0) is 11.3 Å². The van der Waals surface area contributed by atoms with Crippen LogP contribution in [-0.4, -0.2) is 18.8 Å². The molecule has 0 bridgehead atoms. The van der Waals surface area contributed by atoms with E-state index in [2.05, 4.69) is 10.3 Å². The molecule has 0 aliphatic rings. The zero-order chi connectivity index (χ0) is 15.8. The summed E-state index contributed by atoms with van der Waals surface area (Å²) in [5.41, 5.74) is 1.49. The second-order valence-corrected chi connectivity index (χ2v) is 4.50. The fraction of sp³-hybridized carbons (Fsp3) is 0.188. The zero-order valence-electron chi connectivity index (χ0n) is 11.7. The number of alkyl halides is 3. The van der Waals surface area contributed by atoms with Crippen molar-refractivity contribution < 1.29 is 17.9 Å². The topological polar surface area (TPSA) is 33.6 Å². The third-order valence-corrected chi connectivity index (χ3v) is 2.65. The Kier molecular flexibility index (Phi) is 5.41. The Bertz CT molecular complexity index is 598. The van der Waals surface area contributed by atoms with Gasteiger partial charge >= 0.3 is 6.18 Å². The van der Waals surface area contributed by atoms with E-state index < -0.39 is 12.8 Å². The van der Waals surface area contributed by atoms with Crippen molar-refractivity contribution in [3.8, 4) is 0 Å². The molecule has 0 atom stereocenters. The molecule has 2 aromatic carbocycles. The molecule has 0 heterocycles. The number of rotatable bonds is 4. The summed E-state index contributed by atoms with van der Waals surface area (Å²) in [6, 6.07) is 17.8. The normalized spacial score (nSPS) is 12.0. The van der Waals surface area contributed by atoms with Crippen LogP contribution in [0.2, 0.25) is 0 Å². The fourth-order valence-electron chi connectivity index (χ4n) is 1.66. The molecule has 22 heavy (non-hydrogen) atoms. The monoisotopic (exact) mass is 308 g/mol. The minimum absolute atomic E-state index is 0.160. The maximum Gasteiger partial charge on any atom is 0.422 e. The van der Waals surface area contributed by atoms with Gasteiger partial charge in [-0.2, -0.15) is 13.2 Å². The first-order chi connectivity index (χ1) is 10.5. The van der Waals surface area contributed by atoms with Gasteiger partial charge in [0.1, 0.15) is 0 Å². The van der Waals surface area contributed by atoms with E-state index in [0.29, 0.717) is 5.69 Å². The Balaban J connectivity index is 2.06. The van der Waals surface area contributed by atoms with E-state index in [1.165, 1.54) is 0 Å². The molecule has 0 aromatic heterocycles. The van der Waals surface area contributed by atoms with Gasteiger partial charge in [-0.3, -0.25) is 0 Å². The van der Waals surface area contributed by atoms with E-state index in [4.69, 9.17) is 4.74 Å². The van der Waals surface area contributed by atoms with Crippen LogP contribution < -0.4 is 5.32 Å². The van der Waals surface area contributed by atoms with Crippen LogP contribution in [0.3, 0.4) is 0 Å². The van der Waals surface area contributed by atoms with Crippen molar-refractivity contribution in [1.82, 2.24) is 0 Å². The van der Waals surface area contributed by atoms with Crippen molar-refractivity contribution in [1.29, 1.82) is 0 Å². The molecule has 0 spiro atoms. The second-order valence-electron chi connectivity index (χ2n) is 4.50. The Hall–Kier alpha value is -2.50. The van der Waals surface area contributed by atoms with Crippen molar-refractivity contribution in [2.45, 2.75) is 12.7 Å². The van der Waals surface area contributed by atoms with E-state index in [-0.39, 0.29) is 12.6 Å². The lowest BCUT2D eigenvalue weighted by atomic mass is 10.2. The van der Waals surface area contributed by atoms with Crippen molar-refractivity contribution in [3.05, 3.63) is 66.2 Å². The minimum Gasteiger partial charge on any atom is -0.455 e. The summed E-state index contributed by atoms with van der Waals surface area (Å²) in [4.78, 5) is 4.08. The Morgan fingerprint density at radius 3 is 2.14 bits per heavy atom. The van der Waals surface area contributed by atoms with Crippen LogP contribution in [0.15, 0.2) is 65.7 Å². The lowest BCUT2D eigenvalue weighted by Crippen LogP contribution is -2.25. The van der Waals surface area contributed by atoms with Crippen LogP contribution in [0, 0.1) is 0 Å². The molecule has 0 saturated heterocycles. The first-order valence-electron chi connectivity index (χ1n) is 6.63. The summed E-state index contributed by atoms with van der Waals surface area (Å²) in [6.45, 7) is -1.16. The molecule has 2 rings (SSSR count). The molecule has 3 nitrogen and oxygen atoms in total. The van der Waals surface area contributed by atoms with Crippen molar-refractivity contribution in [2.24, 2.45) is 4.99 Å². The van der Waals surface area contributed by atoms with Gasteiger partial charge in [0.05, 0.1) is 6.54 Å². The number of nitrogens with zero attached hydrogens (tertiary/aromatic N) is 1. The Labute approximate surface area is 126 Å². The minimum atomic E-state index is -4.41. The van der Waals surface area contributed by atoms with Gasteiger partial charge < -0.3 is 10.1 Å². The van der Waals surface area contributed by atoms with E-state index in [9.17, 15) is 13.2 Å². The molecule has 2 aromatic rings. The average Bonchev–Trinajstić information content (AvgIpc) is 2.51. The lowest BCUT2D eigenvalue weighted by molar-refractivity contribution is -0.156. The van der Waals surface area contributed by atoms with E-state index in [1.807, 2.05) is 36.4 Å². The Morgan fingerprint density at radius 1 is 0.955 bits per heavy atom. The van der Waals surface area contributed by atoms with Gasteiger partial charge in [0, 0.05) is 5.69 Å². The van der Waals surface area contributed by atoms with Crippen molar-refractivity contribution >= 4 is 11.7 Å². The highest BCUT2D eigenvalue weighted by Gasteiger charge is 2.29. The summed E-state index contributed by atoms with van der Waals surface area (Å²) >= 11 is 0. The maximum atomic E-state index is 12.3. The summed E-state index contributed by atoms with van der Waals surface area (Å²) in [5.74, 6) is 0. The third kappa shape index (κ3) is 5.87. The lowest BCUT2D eigenvalue weighted by Gasteiger charge is -2.13. The molecule has 0 aliphatic carbocycles. The molecular weight excluding hydrogens is 293 g/mol. The standard InChI is InChI=1S/C16H15F3N2O/c17-16(18,19)12-22-15(21-14-9-5-2-6-10-14)20-11-13-7-3-1-4-8-13/h1-10H,11-12H2,(H,20,21). The van der Waals surface area contributed by atoms with Crippen LogP contribution in [0.5, 0.6) is 0 Å². The SMILES string of the molecule is FC(F)(F)COC(=NCc1ccccc1)Nc1ccccc1. The van der Waals surface area contributed by atoms with Gasteiger partial charge in [0.2, 0.25) is 0 Å². The highest BCUT2D eigenvalue weighted by Crippen LogP contribution is 2.15. The highest BCUT2D eigenvalue weighted by atomic mass is 19.4. The number of aliphatic imine (C=N–C) groups is 1. The van der Waals surface area contributed by atoms with E-state index in [1.54, 1.807) is 24.3 Å². The molecule has 6 heteroatoms. The first-order valence-corrected chi connectivity index (χ1v) is 6.63. The molecule has 0 saturated carbocycles. The summed E-state index contributed by atoms with van der Waals surface area (Å²) < 4.78 is 41.7. The van der Waals surface area contributed by atoms with Gasteiger partial charge in [-0.15, -0.1) is 0 Å². The molecule has 1 N–H and O–H groups in total. The summed E-state index contributed by atoms with van der Waals surface area (Å²) in [7, 11) is 0.